The lowest BCUT2D eigenvalue weighted by Crippen LogP contribution is -2.40. The zero-order chi connectivity index (χ0) is 27.6. The quantitative estimate of drug-likeness (QED) is 0.379. The Morgan fingerprint density at radius 1 is 1.18 bits per heavy atom. The fraction of sp³-hybridized carbons (Fsp3) is 0.643. The van der Waals surface area contributed by atoms with Gasteiger partial charge in [-0.3, -0.25) is 9.59 Å². The number of anilines is 1. The van der Waals surface area contributed by atoms with Gasteiger partial charge in [0.05, 0.1) is 4.88 Å². The number of amides is 2. The van der Waals surface area contributed by atoms with Crippen LogP contribution in [0.2, 0.25) is 0 Å². The van der Waals surface area contributed by atoms with Gasteiger partial charge in [-0.25, -0.2) is 18.7 Å². The van der Waals surface area contributed by atoms with Crippen molar-refractivity contribution >= 4 is 29.0 Å². The van der Waals surface area contributed by atoms with Crippen LogP contribution < -0.4 is 10.6 Å². The van der Waals surface area contributed by atoms with E-state index in [0.717, 1.165) is 62.7 Å². The van der Waals surface area contributed by atoms with Gasteiger partial charge in [0.15, 0.2) is 5.01 Å². The van der Waals surface area contributed by atoms with Crippen molar-refractivity contribution in [3.8, 4) is 10.4 Å². The molecule has 1 saturated carbocycles. The summed E-state index contributed by atoms with van der Waals surface area (Å²) in [5.41, 5.74) is -0.418. The number of likely N-dealkylation sites (tertiary alicyclic amines) is 1. The highest BCUT2D eigenvalue weighted by Crippen LogP contribution is 2.40. The van der Waals surface area contributed by atoms with Gasteiger partial charge < -0.3 is 15.5 Å². The number of carbonyl (C=O) groups is 2. The largest absolute Gasteiger partial charge is 0.365 e. The highest BCUT2D eigenvalue weighted by Gasteiger charge is 2.38. The molecule has 7 nitrogen and oxygen atoms in total. The fourth-order valence-corrected chi connectivity index (χ4v) is 6.52. The highest BCUT2D eigenvalue weighted by atomic mass is 32.1. The third kappa shape index (κ3) is 6.33. The molecule has 4 rings (SSSR count). The highest BCUT2D eigenvalue weighted by molar-refractivity contribution is 7.17. The molecule has 1 aliphatic heterocycles. The summed E-state index contributed by atoms with van der Waals surface area (Å²) in [6.07, 6.45) is 6.06. The first-order valence-corrected chi connectivity index (χ1v) is 14.5. The number of alkyl halides is 2. The summed E-state index contributed by atoms with van der Waals surface area (Å²) in [6, 6.07) is 1.48. The van der Waals surface area contributed by atoms with E-state index in [9.17, 15) is 18.4 Å². The van der Waals surface area contributed by atoms with E-state index in [-0.39, 0.29) is 62.2 Å². The predicted octanol–water partition coefficient (Wildman–Crippen LogP) is 6.82. The maximum Gasteiger partial charge on any atom is 0.280 e. The normalized spacial score (nSPS) is 20.4. The number of halogens is 2. The molecule has 2 fully saturated rings. The third-order valence-electron chi connectivity index (χ3n) is 7.28. The van der Waals surface area contributed by atoms with Crippen LogP contribution in [0.25, 0.3) is 10.4 Å². The van der Waals surface area contributed by atoms with Crippen LogP contribution in [0.15, 0.2) is 12.3 Å². The molecular weight excluding hydrogens is 508 g/mol. The van der Waals surface area contributed by atoms with E-state index < -0.39 is 6.43 Å². The van der Waals surface area contributed by atoms with Crippen LogP contribution in [0, 0.1) is 0 Å². The molecule has 0 radical (unpaired) electrons. The molecule has 0 bridgehead atoms. The van der Waals surface area contributed by atoms with Gasteiger partial charge in [0.25, 0.3) is 18.2 Å². The maximum atomic E-state index is 14.4. The molecule has 0 spiro atoms. The lowest BCUT2D eigenvalue weighted by molar-refractivity contribution is 0.0667. The first-order valence-electron chi connectivity index (χ1n) is 13.7. The van der Waals surface area contributed by atoms with Gasteiger partial charge in [-0.15, -0.1) is 11.3 Å². The molecule has 2 aliphatic rings. The summed E-state index contributed by atoms with van der Waals surface area (Å²) in [7, 11) is 0. The Bertz CT molecular complexity index is 1150. The summed E-state index contributed by atoms with van der Waals surface area (Å²) < 4.78 is 28.7. The molecule has 1 aliphatic carbocycles. The smallest absolute Gasteiger partial charge is 0.280 e. The van der Waals surface area contributed by atoms with Gasteiger partial charge in [0.2, 0.25) is 0 Å². The van der Waals surface area contributed by atoms with Crippen LogP contribution in [0.5, 0.6) is 0 Å². The zero-order valence-electron chi connectivity index (χ0n) is 22.9. The molecule has 2 aromatic rings. The molecule has 10 heteroatoms. The number of hydrogen-bond acceptors (Lipinski definition) is 6. The van der Waals surface area contributed by atoms with Crippen molar-refractivity contribution in [2.75, 3.05) is 5.32 Å². The molecule has 2 amide bonds. The predicted molar refractivity (Wildman–Crippen MR) is 147 cm³/mol. The number of thiazole rings is 1. The SMILES string of the molecule is CCCC1CCC(C)N1C(=O)c1nc(C(=O)NC2CCCC2)sc1-c1cnc(NC(C)(C)C)cc1C(F)F. The Labute approximate surface area is 227 Å². The van der Waals surface area contributed by atoms with Crippen molar-refractivity contribution in [3.63, 3.8) is 0 Å². The van der Waals surface area contributed by atoms with Crippen LogP contribution in [-0.4, -0.2) is 50.3 Å². The molecule has 208 valence electrons. The van der Waals surface area contributed by atoms with Crippen molar-refractivity contribution in [3.05, 3.63) is 28.5 Å². The second-order valence-electron chi connectivity index (χ2n) is 11.6. The Balaban J connectivity index is 1.78. The van der Waals surface area contributed by atoms with E-state index in [1.54, 1.807) is 0 Å². The molecule has 2 unspecified atom stereocenters. The Morgan fingerprint density at radius 2 is 1.89 bits per heavy atom. The number of nitrogens with one attached hydrogen (secondary N) is 2. The van der Waals surface area contributed by atoms with Crippen molar-refractivity contribution in [2.45, 2.75) is 116 Å². The average molecular weight is 548 g/mol. The first kappa shape index (κ1) is 28.4. The van der Waals surface area contributed by atoms with Crippen molar-refractivity contribution < 1.29 is 18.4 Å². The lowest BCUT2D eigenvalue weighted by atomic mass is 10.1. The number of carbonyl (C=O) groups excluding carboxylic acids is 2. The van der Waals surface area contributed by atoms with E-state index in [2.05, 4.69) is 27.5 Å². The first-order chi connectivity index (χ1) is 18.0. The van der Waals surface area contributed by atoms with Crippen LogP contribution >= 0.6 is 11.3 Å². The number of pyridine rings is 1. The Morgan fingerprint density at radius 3 is 2.53 bits per heavy atom. The second-order valence-corrected chi connectivity index (χ2v) is 12.6. The van der Waals surface area contributed by atoms with Crippen LogP contribution in [-0.2, 0) is 0 Å². The number of hydrogen-bond donors (Lipinski definition) is 2. The topological polar surface area (TPSA) is 87.2 Å². The summed E-state index contributed by atoms with van der Waals surface area (Å²) in [6.45, 7) is 9.85. The van der Waals surface area contributed by atoms with Gasteiger partial charge in [0.1, 0.15) is 11.5 Å². The van der Waals surface area contributed by atoms with E-state index in [1.807, 2.05) is 32.6 Å². The standard InChI is InChI=1S/C28H39F2N5O2S/c1-6-9-18-13-12-16(2)35(18)27(37)22-23(38-26(33-22)25(36)32-17-10-7-8-11-17)20-15-31-21(34-28(3,4)5)14-19(20)24(29)30/h14-18,24H,6-13H2,1-5H3,(H,31,34)(H,32,36). The van der Waals surface area contributed by atoms with Crippen molar-refractivity contribution in [1.29, 1.82) is 0 Å². The maximum absolute atomic E-state index is 14.4. The molecule has 2 N–H and O–H groups in total. The molecule has 3 heterocycles. The fourth-order valence-electron chi connectivity index (χ4n) is 5.53. The summed E-state index contributed by atoms with van der Waals surface area (Å²) in [5, 5.41) is 6.26. The third-order valence-corrected chi connectivity index (χ3v) is 8.36. The molecule has 0 aromatic carbocycles. The van der Waals surface area contributed by atoms with Crippen molar-refractivity contribution in [2.24, 2.45) is 0 Å². The van der Waals surface area contributed by atoms with E-state index >= 15 is 0 Å². The second kappa shape index (κ2) is 11.6. The van der Waals surface area contributed by atoms with Crippen LogP contribution in [0.4, 0.5) is 14.6 Å². The van der Waals surface area contributed by atoms with Gasteiger partial charge in [-0.2, -0.15) is 0 Å². The van der Waals surface area contributed by atoms with E-state index in [0.29, 0.717) is 5.82 Å². The minimum Gasteiger partial charge on any atom is -0.365 e. The molecule has 2 aromatic heterocycles. The van der Waals surface area contributed by atoms with Crippen LogP contribution in [0.3, 0.4) is 0 Å². The van der Waals surface area contributed by atoms with Crippen LogP contribution in [0.1, 0.15) is 118 Å². The monoisotopic (exact) mass is 547 g/mol. The molecule has 1 saturated heterocycles. The summed E-state index contributed by atoms with van der Waals surface area (Å²) in [5.74, 6) is -0.347. The van der Waals surface area contributed by atoms with E-state index in [1.165, 1.54) is 12.3 Å². The summed E-state index contributed by atoms with van der Waals surface area (Å²) >= 11 is 0.993. The number of rotatable bonds is 8. The lowest BCUT2D eigenvalue weighted by Gasteiger charge is -2.28. The van der Waals surface area contributed by atoms with E-state index in [4.69, 9.17) is 0 Å². The van der Waals surface area contributed by atoms with Gasteiger partial charge >= 0.3 is 0 Å². The zero-order valence-corrected chi connectivity index (χ0v) is 23.8. The Kier molecular flexibility index (Phi) is 8.69. The Hall–Kier alpha value is -2.62. The minimum atomic E-state index is -2.80. The molecular formula is C28H39F2N5O2S. The summed E-state index contributed by atoms with van der Waals surface area (Å²) in [4.78, 5) is 38.1. The molecule has 38 heavy (non-hydrogen) atoms. The van der Waals surface area contributed by atoms with Crippen molar-refractivity contribution in [1.82, 2.24) is 20.2 Å². The number of nitrogens with zero attached hydrogens (tertiary/aromatic N) is 3. The van der Waals surface area contributed by atoms with Gasteiger partial charge in [-0.05, 0) is 65.9 Å². The number of aromatic nitrogens is 2. The minimum absolute atomic E-state index is 0.00965. The van der Waals surface area contributed by atoms with Gasteiger partial charge in [0, 0.05) is 41.0 Å². The molecule has 2 atom stereocenters. The average Bonchev–Trinajstić information content (AvgIpc) is 3.58. The van der Waals surface area contributed by atoms with Gasteiger partial charge in [-0.1, -0.05) is 26.2 Å².